The first-order chi connectivity index (χ1) is 16.8. The minimum absolute atomic E-state index is 0.0317. The topological polar surface area (TPSA) is 110 Å². The van der Waals surface area contributed by atoms with Gasteiger partial charge >= 0.3 is 6.18 Å². The molecule has 8 nitrogen and oxygen atoms in total. The number of fused-ring (bicyclic) bond motifs is 2. The monoisotopic (exact) mass is 518 g/mol. The molecule has 0 radical (unpaired) electrons. The molecule has 3 unspecified atom stereocenters. The third-order valence-corrected chi connectivity index (χ3v) is 9.02. The Morgan fingerprint density at radius 3 is 2.86 bits per heavy atom. The summed E-state index contributed by atoms with van der Waals surface area (Å²) in [6, 6.07) is 2.84. The molecule has 0 aromatic carbocycles. The second kappa shape index (κ2) is 8.14. The zero-order valence-corrected chi connectivity index (χ0v) is 20.2. The van der Waals surface area contributed by atoms with Crippen LogP contribution in [-0.4, -0.2) is 49.5 Å². The van der Waals surface area contributed by atoms with E-state index >= 15 is 0 Å². The summed E-state index contributed by atoms with van der Waals surface area (Å²) in [5.74, 6) is 1.57. The fourth-order valence-electron chi connectivity index (χ4n) is 5.21. The number of alkyl halides is 3. The molecule has 6 rings (SSSR count). The van der Waals surface area contributed by atoms with Crippen molar-refractivity contribution >= 4 is 40.3 Å². The second-order valence-corrected chi connectivity index (χ2v) is 10.8. The number of nitrogens with zero attached hydrogens (tertiary/aromatic N) is 6. The Bertz CT molecular complexity index is 1400. The third kappa shape index (κ3) is 3.76. The van der Waals surface area contributed by atoms with E-state index in [1.807, 2.05) is 6.92 Å². The summed E-state index contributed by atoms with van der Waals surface area (Å²) >= 11 is 2.55. The average molecular weight is 519 g/mol. The molecule has 4 aromatic rings. The van der Waals surface area contributed by atoms with Gasteiger partial charge in [0, 0.05) is 47.2 Å². The predicted octanol–water partition coefficient (Wildman–Crippen LogP) is 4.04. The van der Waals surface area contributed by atoms with Crippen molar-refractivity contribution in [1.82, 2.24) is 29.9 Å². The number of aromatic amines is 1. The highest BCUT2D eigenvalue weighted by molar-refractivity contribution is 7.99. The molecule has 3 N–H and O–H groups in total. The number of hydrogen-bond acceptors (Lipinski definition) is 9. The normalized spacial score (nSPS) is 24.1. The molecule has 2 fully saturated rings. The smallest absolute Gasteiger partial charge is 0.342 e. The van der Waals surface area contributed by atoms with Crippen molar-refractivity contribution in [2.75, 3.05) is 24.5 Å². The highest BCUT2D eigenvalue weighted by atomic mass is 32.2. The van der Waals surface area contributed by atoms with E-state index in [1.54, 1.807) is 11.3 Å². The van der Waals surface area contributed by atoms with E-state index in [0.717, 1.165) is 48.2 Å². The first kappa shape index (κ1) is 22.7. The highest BCUT2D eigenvalue weighted by Crippen LogP contribution is 2.63. The zero-order chi connectivity index (χ0) is 24.4. The molecule has 13 heteroatoms. The van der Waals surface area contributed by atoms with Gasteiger partial charge in [-0.3, -0.25) is 4.98 Å². The van der Waals surface area contributed by atoms with E-state index in [1.165, 1.54) is 18.3 Å². The average Bonchev–Trinajstić information content (AvgIpc) is 3.09. The maximum Gasteiger partial charge on any atom is 0.434 e. The summed E-state index contributed by atoms with van der Waals surface area (Å²) in [7, 11) is 0. The molecule has 4 aromatic heterocycles. The summed E-state index contributed by atoms with van der Waals surface area (Å²) in [6.45, 7) is 4.19. The van der Waals surface area contributed by atoms with Crippen LogP contribution in [0.15, 0.2) is 39.8 Å². The lowest BCUT2D eigenvalue weighted by Crippen LogP contribution is -2.32. The van der Waals surface area contributed by atoms with Crippen molar-refractivity contribution in [2.24, 2.45) is 17.6 Å². The van der Waals surface area contributed by atoms with Crippen LogP contribution in [0, 0.1) is 18.8 Å². The van der Waals surface area contributed by atoms with Crippen LogP contribution >= 0.6 is 23.1 Å². The number of rotatable bonds is 5. The Morgan fingerprint density at radius 2 is 2.11 bits per heavy atom. The van der Waals surface area contributed by atoms with Crippen molar-refractivity contribution in [3.8, 4) is 0 Å². The summed E-state index contributed by atoms with van der Waals surface area (Å²) in [4.78, 5) is 27.0. The van der Waals surface area contributed by atoms with E-state index in [-0.39, 0.29) is 10.3 Å². The number of nitrogens with two attached hydrogens (primary N) is 1. The number of hydrogen-bond donors (Lipinski definition) is 2. The molecule has 1 aliphatic carbocycles. The van der Waals surface area contributed by atoms with Gasteiger partial charge in [-0.05, 0) is 37.3 Å². The molecule has 2 aliphatic rings. The van der Waals surface area contributed by atoms with Crippen LogP contribution in [0.1, 0.15) is 22.8 Å². The maximum atomic E-state index is 13.3. The lowest BCUT2D eigenvalue weighted by atomic mass is 10.0. The predicted molar refractivity (Wildman–Crippen MR) is 126 cm³/mol. The van der Waals surface area contributed by atoms with Crippen LogP contribution in [0.2, 0.25) is 0 Å². The van der Waals surface area contributed by atoms with Crippen LogP contribution in [0.3, 0.4) is 0 Å². The van der Waals surface area contributed by atoms with Crippen LogP contribution in [0.5, 0.6) is 0 Å². The quantitative estimate of drug-likeness (QED) is 0.408. The Hall–Kier alpha value is -2.77. The Morgan fingerprint density at radius 1 is 1.26 bits per heavy atom. The SMILES string of the molecule is Cc1csc(C2(CN)C3CCN(c4nc5nc(Sc6cccnc6C(F)(F)F)cnc5[nH]4)CC32)n1. The lowest BCUT2D eigenvalue weighted by Gasteiger charge is -2.25. The van der Waals surface area contributed by atoms with E-state index in [0.29, 0.717) is 40.6 Å². The van der Waals surface area contributed by atoms with Gasteiger partial charge in [0.1, 0.15) is 10.0 Å². The number of halogens is 3. The van der Waals surface area contributed by atoms with E-state index in [2.05, 4.69) is 35.2 Å². The van der Waals surface area contributed by atoms with Crippen molar-refractivity contribution in [3.63, 3.8) is 0 Å². The minimum Gasteiger partial charge on any atom is -0.342 e. The fraction of sp³-hybridized carbons (Fsp3) is 0.409. The number of pyridine rings is 1. The van der Waals surface area contributed by atoms with Crippen molar-refractivity contribution in [3.05, 3.63) is 46.3 Å². The standard InChI is InChI=1S/C22H21F3N8S2/c1-11-9-34-19(29-11)21(10-26)12-4-6-33(8-13(12)21)20-31-17-18(32-20)30-15(7-28-17)35-14-3-2-5-27-16(14)22(23,24)25/h2-3,5,7,9,12-13H,4,6,8,10,26H2,1H3,(H,28,30,31,32). The van der Waals surface area contributed by atoms with Gasteiger partial charge in [-0.15, -0.1) is 11.3 Å². The van der Waals surface area contributed by atoms with Crippen molar-refractivity contribution in [2.45, 2.75) is 34.9 Å². The van der Waals surface area contributed by atoms with Crippen LogP contribution in [0.4, 0.5) is 19.1 Å². The van der Waals surface area contributed by atoms with E-state index in [9.17, 15) is 13.2 Å². The largest absolute Gasteiger partial charge is 0.434 e. The summed E-state index contributed by atoms with van der Waals surface area (Å²) in [5.41, 5.74) is 7.12. The number of thiazole rings is 1. The Kier molecular flexibility index (Phi) is 5.27. The van der Waals surface area contributed by atoms with Crippen LogP contribution < -0.4 is 10.6 Å². The lowest BCUT2D eigenvalue weighted by molar-refractivity contribution is -0.143. The van der Waals surface area contributed by atoms with Gasteiger partial charge in [-0.1, -0.05) is 11.8 Å². The number of H-pyrrole nitrogens is 1. The number of nitrogens with one attached hydrogen (secondary N) is 1. The highest BCUT2D eigenvalue weighted by Gasteiger charge is 2.67. The second-order valence-electron chi connectivity index (χ2n) is 8.88. The molecule has 3 atom stereocenters. The van der Waals surface area contributed by atoms with Crippen LogP contribution in [-0.2, 0) is 11.6 Å². The maximum absolute atomic E-state index is 13.3. The third-order valence-electron chi connectivity index (χ3n) is 6.91. The van der Waals surface area contributed by atoms with Gasteiger partial charge in [0.15, 0.2) is 17.0 Å². The fourth-order valence-corrected chi connectivity index (χ4v) is 7.22. The molecule has 1 saturated heterocycles. The molecule has 0 bridgehead atoms. The number of piperidine rings is 1. The first-order valence-electron chi connectivity index (χ1n) is 11.1. The zero-order valence-electron chi connectivity index (χ0n) is 18.6. The van der Waals surface area contributed by atoms with E-state index in [4.69, 9.17) is 10.7 Å². The van der Waals surface area contributed by atoms with Gasteiger partial charge in [0.2, 0.25) is 5.95 Å². The van der Waals surface area contributed by atoms with Crippen molar-refractivity contribution < 1.29 is 13.2 Å². The molecule has 5 heterocycles. The van der Waals surface area contributed by atoms with Gasteiger partial charge in [0.25, 0.3) is 0 Å². The summed E-state index contributed by atoms with van der Waals surface area (Å²) < 4.78 is 39.9. The Balaban J connectivity index is 1.23. The van der Waals surface area contributed by atoms with Gasteiger partial charge in [0.05, 0.1) is 6.20 Å². The molecule has 0 amide bonds. The Labute approximate surface area is 206 Å². The number of aromatic nitrogens is 6. The van der Waals surface area contributed by atoms with Gasteiger partial charge < -0.3 is 15.6 Å². The summed E-state index contributed by atoms with van der Waals surface area (Å²) in [6.07, 6.45) is -0.994. The molecule has 182 valence electrons. The molecular formula is C22H21F3N8S2. The minimum atomic E-state index is -4.55. The molecule has 1 saturated carbocycles. The van der Waals surface area contributed by atoms with E-state index < -0.39 is 11.9 Å². The van der Waals surface area contributed by atoms with Gasteiger partial charge in [-0.25, -0.2) is 15.0 Å². The molecule has 35 heavy (non-hydrogen) atoms. The number of anilines is 1. The van der Waals surface area contributed by atoms with Crippen molar-refractivity contribution in [1.29, 1.82) is 0 Å². The molecular weight excluding hydrogens is 497 g/mol. The number of aryl methyl sites for hydroxylation is 1. The summed E-state index contributed by atoms with van der Waals surface area (Å²) in [5, 5.41) is 3.51. The van der Waals surface area contributed by atoms with Crippen LogP contribution in [0.25, 0.3) is 11.3 Å². The first-order valence-corrected chi connectivity index (χ1v) is 12.8. The molecule has 0 spiro atoms. The number of imidazole rings is 1. The molecule has 1 aliphatic heterocycles. The van der Waals surface area contributed by atoms with Gasteiger partial charge in [-0.2, -0.15) is 18.2 Å².